The van der Waals surface area contributed by atoms with E-state index >= 15 is 0 Å². The van der Waals surface area contributed by atoms with Crippen LogP contribution in [-0.4, -0.2) is 18.4 Å². The first-order valence-electron chi connectivity index (χ1n) is 7.69. The van der Waals surface area contributed by atoms with E-state index in [0.29, 0.717) is 5.56 Å². The number of carbonyl (C=O) groups is 2. The molecule has 1 N–H and O–H groups in total. The molecule has 4 heteroatoms. The fourth-order valence-corrected chi connectivity index (χ4v) is 2.39. The maximum Gasteiger partial charge on any atom is 0.325 e. The van der Waals surface area contributed by atoms with Crippen LogP contribution in [0.5, 0.6) is 0 Å². The maximum absolute atomic E-state index is 11.9. The Hall–Kier alpha value is -3.14. The predicted octanol–water partition coefficient (Wildman–Crippen LogP) is 3.31. The maximum atomic E-state index is 11.9. The van der Waals surface area contributed by atoms with Crippen molar-refractivity contribution in [2.75, 3.05) is 6.54 Å². The number of fused-ring (bicyclic) bond motifs is 1. The first kappa shape index (κ1) is 15.7. The number of benzene rings is 3. The second-order valence-electron chi connectivity index (χ2n) is 5.39. The number of esters is 1. The van der Waals surface area contributed by atoms with Gasteiger partial charge in [0.05, 0.1) is 0 Å². The topological polar surface area (TPSA) is 55.4 Å². The quantitative estimate of drug-likeness (QED) is 0.734. The summed E-state index contributed by atoms with van der Waals surface area (Å²) in [6, 6.07) is 22.7. The van der Waals surface area contributed by atoms with Gasteiger partial charge in [0, 0.05) is 5.56 Å². The molecular weight excluding hydrogens is 302 g/mol. The zero-order chi connectivity index (χ0) is 16.8. The third-order valence-corrected chi connectivity index (χ3v) is 3.64. The van der Waals surface area contributed by atoms with Crippen molar-refractivity contribution in [2.45, 2.75) is 6.61 Å². The lowest BCUT2D eigenvalue weighted by molar-refractivity contribution is -0.143. The Balaban J connectivity index is 1.50. The summed E-state index contributed by atoms with van der Waals surface area (Å²) in [5.74, 6) is -0.759. The molecule has 120 valence electrons. The van der Waals surface area contributed by atoms with Crippen LogP contribution >= 0.6 is 0 Å². The summed E-state index contributed by atoms with van der Waals surface area (Å²) in [6.07, 6.45) is 0. The molecule has 0 atom stereocenters. The van der Waals surface area contributed by atoms with Crippen LogP contribution in [0.25, 0.3) is 10.8 Å². The second kappa shape index (κ2) is 7.42. The smallest absolute Gasteiger partial charge is 0.325 e. The van der Waals surface area contributed by atoms with Crippen molar-refractivity contribution in [3.05, 3.63) is 83.9 Å². The van der Waals surface area contributed by atoms with Gasteiger partial charge in [-0.05, 0) is 34.5 Å². The second-order valence-corrected chi connectivity index (χ2v) is 5.39. The molecule has 0 aliphatic heterocycles. The minimum absolute atomic E-state index is 0.151. The Morgan fingerprint density at radius 3 is 2.33 bits per heavy atom. The van der Waals surface area contributed by atoms with Crippen LogP contribution in [0.15, 0.2) is 72.8 Å². The lowest BCUT2D eigenvalue weighted by Crippen LogP contribution is -2.30. The summed E-state index contributed by atoms with van der Waals surface area (Å²) in [7, 11) is 0. The SMILES string of the molecule is O=C(CNC(=O)c1ccccc1)OCc1ccc2ccccc2c1. The number of hydrogen-bond acceptors (Lipinski definition) is 3. The highest BCUT2D eigenvalue weighted by atomic mass is 16.5. The monoisotopic (exact) mass is 319 g/mol. The van der Waals surface area contributed by atoms with E-state index in [0.717, 1.165) is 16.3 Å². The molecule has 3 aromatic rings. The van der Waals surface area contributed by atoms with Gasteiger partial charge in [0.15, 0.2) is 0 Å². The van der Waals surface area contributed by atoms with Gasteiger partial charge in [0.25, 0.3) is 5.91 Å². The highest BCUT2D eigenvalue weighted by Crippen LogP contribution is 2.16. The molecule has 0 spiro atoms. The average Bonchev–Trinajstić information content (AvgIpc) is 2.65. The highest BCUT2D eigenvalue weighted by molar-refractivity contribution is 5.95. The van der Waals surface area contributed by atoms with Crippen molar-refractivity contribution in [1.82, 2.24) is 5.32 Å². The fraction of sp³-hybridized carbons (Fsp3) is 0.100. The van der Waals surface area contributed by atoms with Crippen molar-refractivity contribution < 1.29 is 14.3 Å². The first-order chi connectivity index (χ1) is 11.7. The van der Waals surface area contributed by atoms with Crippen LogP contribution in [0.1, 0.15) is 15.9 Å². The van der Waals surface area contributed by atoms with E-state index < -0.39 is 5.97 Å². The van der Waals surface area contributed by atoms with E-state index in [1.165, 1.54) is 0 Å². The summed E-state index contributed by atoms with van der Waals surface area (Å²) in [5, 5.41) is 4.79. The van der Waals surface area contributed by atoms with Crippen LogP contribution in [0.2, 0.25) is 0 Å². The van der Waals surface area contributed by atoms with E-state index in [-0.39, 0.29) is 19.1 Å². The van der Waals surface area contributed by atoms with Crippen molar-refractivity contribution in [3.8, 4) is 0 Å². The van der Waals surface area contributed by atoms with Gasteiger partial charge in [-0.15, -0.1) is 0 Å². The van der Waals surface area contributed by atoms with Gasteiger partial charge in [0.2, 0.25) is 0 Å². The van der Waals surface area contributed by atoms with Crippen molar-refractivity contribution >= 4 is 22.6 Å². The molecule has 1 amide bonds. The largest absolute Gasteiger partial charge is 0.460 e. The molecule has 0 saturated carbocycles. The molecule has 0 unspecified atom stereocenters. The summed E-state index contributed by atoms with van der Waals surface area (Å²) >= 11 is 0. The fourth-order valence-electron chi connectivity index (χ4n) is 2.39. The van der Waals surface area contributed by atoms with E-state index in [1.54, 1.807) is 24.3 Å². The van der Waals surface area contributed by atoms with E-state index in [1.807, 2.05) is 48.5 Å². The Bertz CT molecular complexity index is 859. The van der Waals surface area contributed by atoms with E-state index in [9.17, 15) is 9.59 Å². The number of nitrogens with one attached hydrogen (secondary N) is 1. The third kappa shape index (κ3) is 3.98. The number of hydrogen-bond donors (Lipinski definition) is 1. The molecule has 0 aromatic heterocycles. The van der Waals surface area contributed by atoms with Gasteiger partial charge < -0.3 is 10.1 Å². The molecule has 4 nitrogen and oxygen atoms in total. The molecule has 0 radical (unpaired) electrons. The normalized spacial score (nSPS) is 10.3. The molecule has 0 bridgehead atoms. The summed E-state index contributed by atoms with van der Waals surface area (Å²) < 4.78 is 5.21. The third-order valence-electron chi connectivity index (χ3n) is 3.64. The van der Waals surface area contributed by atoms with Gasteiger partial charge in [-0.1, -0.05) is 54.6 Å². The lowest BCUT2D eigenvalue weighted by atomic mass is 10.1. The van der Waals surface area contributed by atoms with Crippen molar-refractivity contribution in [2.24, 2.45) is 0 Å². The van der Waals surface area contributed by atoms with E-state index in [4.69, 9.17) is 4.74 Å². The Morgan fingerprint density at radius 2 is 1.54 bits per heavy atom. The molecule has 3 rings (SSSR count). The highest BCUT2D eigenvalue weighted by Gasteiger charge is 2.08. The summed E-state index contributed by atoms with van der Waals surface area (Å²) in [5.41, 5.74) is 1.43. The molecule has 0 heterocycles. The summed E-state index contributed by atoms with van der Waals surface area (Å²) in [6.45, 7) is 0.0339. The Labute approximate surface area is 140 Å². The van der Waals surface area contributed by atoms with Crippen molar-refractivity contribution in [1.29, 1.82) is 0 Å². The summed E-state index contributed by atoms with van der Waals surface area (Å²) in [4.78, 5) is 23.6. The predicted molar refractivity (Wildman–Crippen MR) is 92.5 cm³/mol. The Kier molecular flexibility index (Phi) is 4.87. The first-order valence-corrected chi connectivity index (χ1v) is 7.69. The van der Waals surface area contributed by atoms with Crippen LogP contribution in [0, 0.1) is 0 Å². The van der Waals surface area contributed by atoms with Gasteiger partial charge in [-0.3, -0.25) is 9.59 Å². The molecule has 3 aromatic carbocycles. The molecule has 0 fully saturated rings. The van der Waals surface area contributed by atoms with Crippen LogP contribution in [-0.2, 0) is 16.1 Å². The van der Waals surface area contributed by atoms with Gasteiger partial charge >= 0.3 is 5.97 Å². The van der Waals surface area contributed by atoms with Gasteiger partial charge in [-0.2, -0.15) is 0 Å². The van der Waals surface area contributed by atoms with Crippen LogP contribution in [0.3, 0.4) is 0 Å². The molecule has 0 aliphatic rings. The van der Waals surface area contributed by atoms with Gasteiger partial charge in [0.1, 0.15) is 13.2 Å². The molecule has 0 aliphatic carbocycles. The lowest BCUT2D eigenvalue weighted by Gasteiger charge is -2.07. The standard InChI is InChI=1S/C20H17NO3/c22-19(13-21-20(23)17-7-2-1-3-8-17)24-14-15-10-11-16-6-4-5-9-18(16)12-15/h1-12H,13-14H2,(H,21,23). The molecule has 24 heavy (non-hydrogen) atoms. The minimum atomic E-state index is -0.465. The average molecular weight is 319 g/mol. The van der Waals surface area contributed by atoms with Crippen molar-refractivity contribution in [3.63, 3.8) is 0 Å². The Morgan fingerprint density at radius 1 is 0.833 bits per heavy atom. The molecule has 0 saturated heterocycles. The molecular formula is C20H17NO3. The zero-order valence-corrected chi connectivity index (χ0v) is 13.1. The number of ether oxygens (including phenoxy) is 1. The number of amides is 1. The van der Waals surface area contributed by atoms with Crippen LogP contribution in [0.4, 0.5) is 0 Å². The van der Waals surface area contributed by atoms with Crippen LogP contribution < -0.4 is 5.32 Å². The number of rotatable bonds is 5. The van der Waals surface area contributed by atoms with Gasteiger partial charge in [-0.25, -0.2) is 0 Å². The minimum Gasteiger partial charge on any atom is -0.460 e. The van der Waals surface area contributed by atoms with E-state index in [2.05, 4.69) is 5.32 Å². The zero-order valence-electron chi connectivity index (χ0n) is 13.1. The number of carbonyl (C=O) groups excluding carboxylic acids is 2.